The van der Waals surface area contributed by atoms with Gasteiger partial charge in [0.2, 0.25) is 5.91 Å². The number of amides is 1. The van der Waals surface area contributed by atoms with E-state index in [4.69, 9.17) is 0 Å². The first-order chi connectivity index (χ1) is 14.6. The van der Waals surface area contributed by atoms with Crippen LogP contribution < -0.4 is 10.6 Å². The maximum absolute atomic E-state index is 13.9. The predicted molar refractivity (Wildman–Crippen MR) is 119 cm³/mol. The van der Waals surface area contributed by atoms with Gasteiger partial charge < -0.3 is 15.2 Å². The van der Waals surface area contributed by atoms with Crippen molar-refractivity contribution in [2.24, 2.45) is 0 Å². The zero-order chi connectivity index (χ0) is 22.8. The molecule has 9 heteroatoms. The number of nitrogens with zero attached hydrogens (tertiary/aromatic N) is 4. The van der Waals surface area contributed by atoms with Crippen LogP contribution in [0, 0.1) is 6.92 Å². The average molecular weight is 433 g/mol. The number of hydrogen-bond acceptors (Lipinski definition) is 5. The summed E-state index contributed by atoms with van der Waals surface area (Å²) in [5.74, 6) is -3.43. The van der Waals surface area contributed by atoms with Crippen molar-refractivity contribution in [2.75, 3.05) is 19.4 Å². The number of alkyl halides is 2. The van der Waals surface area contributed by atoms with Crippen LogP contribution in [0.4, 0.5) is 14.6 Å². The highest BCUT2D eigenvalue weighted by Crippen LogP contribution is 2.39. The van der Waals surface area contributed by atoms with E-state index in [2.05, 4.69) is 30.2 Å². The van der Waals surface area contributed by atoms with Gasteiger partial charge in [-0.15, -0.1) is 0 Å². The summed E-state index contributed by atoms with van der Waals surface area (Å²) < 4.78 is 29.9. The Labute approximate surface area is 181 Å². The maximum Gasteiger partial charge on any atom is 0.303 e. The van der Waals surface area contributed by atoms with E-state index >= 15 is 0 Å². The fourth-order valence-electron chi connectivity index (χ4n) is 3.47. The van der Waals surface area contributed by atoms with E-state index in [9.17, 15) is 13.6 Å². The Kier molecular flexibility index (Phi) is 6.64. The predicted octanol–water partition coefficient (Wildman–Crippen LogP) is 4.68. The first-order valence-electron chi connectivity index (χ1n) is 10.2. The smallest absolute Gasteiger partial charge is 0.303 e. The fourth-order valence-corrected chi connectivity index (χ4v) is 3.47. The molecule has 7 nitrogen and oxygen atoms in total. The van der Waals surface area contributed by atoms with Crippen LogP contribution in [0.25, 0.3) is 22.2 Å². The molecule has 0 atom stereocenters. The summed E-state index contributed by atoms with van der Waals surface area (Å²) in [5.41, 5.74) is 2.54. The minimum absolute atomic E-state index is 0. The summed E-state index contributed by atoms with van der Waals surface area (Å²) in [6, 6.07) is 3.83. The molecule has 0 bridgehead atoms. The van der Waals surface area contributed by atoms with Crippen LogP contribution in [0.5, 0.6) is 0 Å². The van der Waals surface area contributed by atoms with Crippen molar-refractivity contribution in [3.8, 4) is 11.3 Å². The second kappa shape index (κ2) is 9.05. The maximum atomic E-state index is 13.9. The lowest BCUT2D eigenvalue weighted by molar-refractivity contribution is -0.114. The molecule has 3 aromatic heterocycles. The number of hydrogen-bond donors (Lipinski definition) is 2. The van der Waals surface area contributed by atoms with Crippen LogP contribution >= 0.6 is 0 Å². The van der Waals surface area contributed by atoms with E-state index < -0.39 is 11.7 Å². The second-order valence-electron chi connectivity index (χ2n) is 7.91. The Bertz CT molecular complexity index is 1090. The summed E-state index contributed by atoms with van der Waals surface area (Å²) in [7, 11) is 3.75. The minimum atomic E-state index is -3.13. The zero-order valence-corrected chi connectivity index (χ0v) is 18.5. The number of anilines is 1. The van der Waals surface area contributed by atoms with Gasteiger partial charge >= 0.3 is 5.92 Å². The summed E-state index contributed by atoms with van der Waals surface area (Å²) in [6.45, 7) is 3.88. The van der Waals surface area contributed by atoms with Gasteiger partial charge in [0.05, 0.1) is 17.4 Å². The molecule has 1 saturated carbocycles. The van der Waals surface area contributed by atoms with Gasteiger partial charge in [-0.2, -0.15) is 8.78 Å². The Hall–Kier alpha value is -2.94. The number of carbonyl (C=O) groups excluding carboxylic acids is 1. The molecule has 0 saturated heterocycles. The Balaban J connectivity index is 0.000000860. The second-order valence-corrected chi connectivity index (χ2v) is 7.91. The van der Waals surface area contributed by atoms with Crippen LogP contribution in [0.3, 0.4) is 0 Å². The number of aromatic nitrogens is 4. The normalized spacial score (nSPS) is 14.0. The van der Waals surface area contributed by atoms with E-state index in [1.54, 1.807) is 25.3 Å². The molecule has 3 aromatic rings. The quantitative estimate of drug-likeness (QED) is 0.625. The molecule has 1 fully saturated rings. The molecule has 0 aromatic carbocycles. The number of aryl methyl sites for hydroxylation is 1. The number of rotatable bonds is 4. The minimum Gasteiger partial charge on any atom is -0.342 e. The molecule has 0 spiro atoms. The third-order valence-electron chi connectivity index (χ3n) is 5.01. The van der Waals surface area contributed by atoms with Crippen molar-refractivity contribution >= 4 is 22.6 Å². The van der Waals surface area contributed by atoms with Gasteiger partial charge in [0.25, 0.3) is 0 Å². The van der Waals surface area contributed by atoms with Crippen molar-refractivity contribution in [1.29, 1.82) is 0 Å². The largest absolute Gasteiger partial charge is 0.342 e. The molecule has 31 heavy (non-hydrogen) atoms. The van der Waals surface area contributed by atoms with E-state index in [1.807, 2.05) is 20.3 Å². The van der Waals surface area contributed by atoms with Gasteiger partial charge in [0.1, 0.15) is 5.82 Å². The van der Waals surface area contributed by atoms with E-state index in [1.165, 1.54) is 6.92 Å². The molecule has 4 rings (SSSR count). The number of pyridine rings is 1. The molecule has 1 amide bonds. The monoisotopic (exact) mass is 432 g/mol. The molecule has 1 aliphatic rings. The van der Waals surface area contributed by atoms with Crippen molar-refractivity contribution < 1.29 is 15.0 Å². The molecule has 0 aliphatic heterocycles. The third-order valence-corrected chi connectivity index (χ3v) is 5.01. The average Bonchev–Trinajstić information content (AvgIpc) is 2.98. The van der Waals surface area contributed by atoms with Gasteiger partial charge in [-0.3, -0.25) is 4.79 Å². The highest BCUT2D eigenvalue weighted by atomic mass is 19.3. The molecular weight excluding hydrogens is 402 g/mol. The molecule has 168 valence electrons. The van der Waals surface area contributed by atoms with E-state index in [0.717, 1.165) is 42.7 Å². The first-order valence-corrected chi connectivity index (χ1v) is 10.2. The highest BCUT2D eigenvalue weighted by Gasteiger charge is 2.30. The molecular formula is C22H30F2N6O. The van der Waals surface area contributed by atoms with Gasteiger partial charge in [-0.05, 0) is 52.4 Å². The number of halogens is 2. The Morgan fingerprint density at radius 1 is 1.26 bits per heavy atom. The van der Waals surface area contributed by atoms with Gasteiger partial charge in [-0.25, -0.2) is 15.0 Å². The summed E-state index contributed by atoms with van der Waals surface area (Å²) in [4.78, 5) is 23.8. The van der Waals surface area contributed by atoms with Crippen molar-refractivity contribution in [2.45, 2.75) is 52.0 Å². The Morgan fingerprint density at radius 3 is 2.48 bits per heavy atom. The third kappa shape index (κ3) is 5.04. The molecule has 2 N–H and O–H groups in total. The van der Waals surface area contributed by atoms with Crippen LogP contribution in [0.1, 0.15) is 52.1 Å². The fraction of sp³-hybridized carbons (Fsp3) is 0.455. The van der Waals surface area contributed by atoms with Gasteiger partial charge in [0.15, 0.2) is 5.82 Å². The van der Waals surface area contributed by atoms with Crippen molar-refractivity contribution in [3.63, 3.8) is 0 Å². The number of carbonyl (C=O) groups is 1. The van der Waals surface area contributed by atoms with Crippen LogP contribution in [-0.4, -0.2) is 39.5 Å². The van der Waals surface area contributed by atoms with Crippen LogP contribution in [0.15, 0.2) is 24.5 Å². The SMILES string of the molecule is CC(=O)Nc1cc2c(-c3cc(C)nc(C(C)(F)F)n3)cn(C3CCC3)c2cn1.CNC.[HH]. The Morgan fingerprint density at radius 2 is 1.94 bits per heavy atom. The lowest BCUT2D eigenvalue weighted by Gasteiger charge is -2.27. The number of fused-ring (bicyclic) bond motifs is 1. The lowest BCUT2D eigenvalue weighted by atomic mass is 9.93. The summed E-state index contributed by atoms with van der Waals surface area (Å²) in [5, 5.41) is 6.24. The molecule has 0 radical (unpaired) electrons. The standard InChI is InChI=1S/C20H21F2N5O.C2H7N.H2/c1-11-7-16(26-19(24-11)20(3,21)22)15-10-27(13-5-4-6-13)17-9-23-18(8-14(15)17)25-12(2)28;1-3-2;/h7-10,13H,4-6H2,1-3H3,(H,23,25,28);3H,1-2H3;1H. The number of nitrogens with one attached hydrogen (secondary N) is 2. The lowest BCUT2D eigenvalue weighted by Crippen LogP contribution is -2.16. The molecule has 1 aliphatic carbocycles. The highest BCUT2D eigenvalue weighted by molar-refractivity contribution is 5.98. The van der Waals surface area contributed by atoms with Crippen molar-refractivity contribution in [3.05, 3.63) is 36.0 Å². The van der Waals surface area contributed by atoms with E-state index in [0.29, 0.717) is 23.2 Å². The molecule has 0 unspecified atom stereocenters. The van der Waals surface area contributed by atoms with E-state index in [-0.39, 0.29) is 7.33 Å². The topological polar surface area (TPSA) is 84.7 Å². The van der Waals surface area contributed by atoms with Crippen LogP contribution in [0.2, 0.25) is 0 Å². The van der Waals surface area contributed by atoms with Gasteiger partial charge in [0, 0.05) is 44.2 Å². The summed E-state index contributed by atoms with van der Waals surface area (Å²) >= 11 is 0. The van der Waals surface area contributed by atoms with Crippen LogP contribution in [-0.2, 0) is 10.7 Å². The summed E-state index contributed by atoms with van der Waals surface area (Å²) in [6.07, 6.45) is 6.96. The molecule has 3 heterocycles. The first kappa shape index (κ1) is 22.7. The van der Waals surface area contributed by atoms with Crippen molar-refractivity contribution in [1.82, 2.24) is 24.8 Å². The van der Waals surface area contributed by atoms with Gasteiger partial charge in [-0.1, -0.05) is 0 Å². The zero-order valence-electron chi connectivity index (χ0n) is 18.5.